The fourth-order valence-electron chi connectivity index (χ4n) is 1.32. The number of carbonyl (C=O) groups is 2. The number of hydrogen-bond acceptors (Lipinski definition) is 5. The van der Waals surface area contributed by atoms with Crippen LogP contribution < -0.4 is 5.32 Å². The van der Waals surface area contributed by atoms with Crippen molar-refractivity contribution in [2.75, 3.05) is 13.7 Å². The van der Waals surface area contributed by atoms with Gasteiger partial charge in [-0.1, -0.05) is 30.3 Å². The van der Waals surface area contributed by atoms with Gasteiger partial charge in [-0.3, -0.25) is 4.79 Å². The largest absolute Gasteiger partial charge is 0.469 e. The van der Waals surface area contributed by atoms with E-state index in [-0.39, 0.29) is 19.6 Å². The first kappa shape index (κ1) is 15.0. The second-order valence-electron chi connectivity index (χ2n) is 3.88. The van der Waals surface area contributed by atoms with Crippen LogP contribution in [0.1, 0.15) is 12.0 Å². The van der Waals surface area contributed by atoms with Crippen LogP contribution in [-0.4, -0.2) is 36.9 Å². The van der Waals surface area contributed by atoms with Crippen LogP contribution in [0, 0.1) is 0 Å². The van der Waals surface area contributed by atoms with E-state index < -0.39 is 18.2 Å². The summed E-state index contributed by atoms with van der Waals surface area (Å²) in [6.45, 7) is 0.0858. The van der Waals surface area contributed by atoms with Crippen molar-refractivity contribution in [3.05, 3.63) is 35.9 Å². The molecule has 0 aromatic heterocycles. The summed E-state index contributed by atoms with van der Waals surface area (Å²) >= 11 is 0. The lowest BCUT2D eigenvalue weighted by atomic mass is 10.2. The first-order chi connectivity index (χ1) is 9.11. The Balaban J connectivity index is 2.19. The molecule has 1 aromatic rings. The van der Waals surface area contributed by atoms with E-state index in [2.05, 4.69) is 10.1 Å². The Morgan fingerprint density at radius 1 is 1.32 bits per heavy atom. The first-order valence-electron chi connectivity index (χ1n) is 5.81. The molecule has 19 heavy (non-hydrogen) atoms. The maximum absolute atomic E-state index is 11.3. The van der Waals surface area contributed by atoms with E-state index in [0.29, 0.717) is 0 Å². The minimum atomic E-state index is -0.989. The fraction of sp³-hybridized carbons (Fsp3) is 0.385. The third kappa shape index (κ3) is 6.42. The average molecular weight is 267 g/mol. The minimum absolute atomic E-state index is 0.0667. The highest BCUT2D eigenvalue weighted by atomic mass is 16.5. The van der Waals surface area contributed by atoms with Crippen LogP contribution in [0.3, 0.4) is 0 Å². The second kappa shape index (κ2) is 8.10. The van der Waals surface area contributed by atoms with Crippen LogP contribution in [0.4, 0.5) is 4.79 Å². The predicted molar refractivity (Wildman–Crippen MR) is 67.3 cm³/mol. The van der Waals surface area contributed by atoms with E-state index in [0.717, 1.165) is 5.56 Å². The number of alkyl carbamates (subject to hydrolysis) is 1. The Labute approximate surface area is 111 Å². The van der Waals surface area contributed by atoms with Gasteiger partial charge in [0.1, 0.15) is 6.61 Å². The Kier molecular flexibility index (Phi) is 6.38. The molecule has 6 nitrogen and oxygen atoms in total. The van der Waals surface area contributed by atoms with Gasteiger partial charge in [0.25, 0.3) is 0 Å². The predicted octanol–water partition coefficient (Wildman–Crippen LogP) is 0.837. The van der Waals surface area contributed by atoms with E-state index >= 15 is 0 Å². The summed E-state index contributed by atoms with van der Waals surface area (Å²) in [5.41, 5.74) is 0.868. The van der Waals surface area contributed by atoms with Crippen LogP contribution in [0.15, 0.2) is 30.3 Å². The number of nitrogens with one attached hydrogen (secondary N) is 1. The molecule has 0 unspecified atom stereocenters. The molecule has 104 valence electrons. The highest BCUT2D eigenvalue weighted by molar-refractivity contribution is 5.70. The second-order valence-corrected chi connectivity index (χ2v) is 3.88. The fourth-order valence-corrected chi connectivity index (χ4v) is 1.32. The van der Waals surface area contributed by atoms with Crippen molar-refractivity contribution in [3.63, 3.8) is 0 Å². The van der Waals surface area contributed by atoms with Crippen molar-refractivity contribution < 1.29 is 24.2 Å². The maximum atomic E-state index is 11.3. The molecule has 1 atom stereocenters. The third-order valence-corrected chi connectivity index (χ3v) is 2.32. The number of esters is 1. The maximum Gasteiger partial charge on any atom is 0.407 e. The zero-order valence-electron chi connectivity index (χ0n) is 10.7. The molecule has 0 bridgehead atoms. The third-order valence-electron chi connectivity index (χ3n) is 2.32. The van der Waals surface area contributed by atoms with Crippen molar-refractivity contribution in [1.29, 1.82) is 0 Å². The van der Waals surface area contributed by atoms with Crippen LogP contribution in [0.2, 0.25) is 0 Å². The summed E-state index contributed by atoms with van der Waals surface area (Å²) in [7, 11) is 1.23. The summed E-state index contributed by atoms with van der Waals surface area (Å²) < 4.78 is 9.32. The zero-order chi connectivity index (χ0) is 14.1. The number of ether oxygens (including phenoxy) is 2. The molecule has 0 aliphatic rings. The molecule has 0 saturated heterocycles. The van der Waals surface area contributed by atoms with E-state index in [1.54, 1.807) is 0 Å². The lowest BCUT2D eigenvalue weighted by Crippen LogP contribution is -2.33. The molecular formula is C13H17NO5. The first-order valence-corrected chi connectivity index (χ1v) is 5.81. The summed E-state index contributed by atoms with van der Waals surface area (Å²) in [4.78, 5) is 22.2. The summed E-state index contributed by atoms with van der Waals surface area (Å²) in [5, 5.41) is 11.8. The molecule has 0 heterocycles. The summed E-state index contributed by atoms with van der Waals surface area (Å²) in [5.74, 6) is -0.535. The van der Waals surface area contributed by atoms with Gasteiger partial charge >= 0.3 is 12.1 Å². The van der Waals surface area contributed by atoms with Gasteiger partial charge < -0.3 is 19.9 Å². The van der Waals surface area contributed by atoms with Gasteiger partial charge in [0.2, 0.25) is 0 Å². The van der Waals surface area contributed by atoms with Gasteiger partial charge in [-0.05, 0) is 5.56 Å². The number of carbonyl (C=O) groups excluding carboxylic acids is 2. The molecule has 6 heteroatoms. The molecule has 1 amide bonds. The van der Waals surface area contributed by atoms with Crippen molar-refractivity contribution in [1.82, 2.24) is 5.32 Å². The molecule has 0 aliphatic carbocycles. The smallest absolute Gasteiger partial charge is 0.407 e. The highest BCUT2D eigenvalue weighted by Gasteiger charge is 2.12. The van der Waals surface area contributed by atoms with Gasteiger partial charge in [0.15, 0.2) is 0 Å². The summed E-state index contributed by atoms with van der Waals surface area (Å²) in [6.07, 6.45) is -1.81. The van der Waals surface area contributed by atoms with Gasteiger partial charge in [-0.2, -0.15) is 0 Å². The molecule has 1 rings (SSSR count). The van der Waals surface area contributed by atoms with Crippen LogP contribution in [0.5, 0.6) is 0 Å². The van der Waals surface area contributed by atoms with Crippen molar-refractivity contribution in [2.45, 2.75) is 19.1 Å². The zero-order valence-corrected chi connectivity index (χ0v) is 10.7. The molecule has 0 saturated carbocycles. The molecular weight excluding hydrogens is 250 g/mol. The van der Waals surface area contributed by atoms with Gasteiger partial charge in [-0.25, -0.2) is 4.79 Å². The molecule has 1 aromatic carbocycles. The van der Waals surface area contributed by atoms with E-state index in [9.17, 15) is 14.7 Å². The van der Waals surface area contributed by atoms with Gasteiger partial charge in [0, 0.05) is 6.54 Å². The van der Waals surface area contributed by atoms with E-state index in [1.165, 1.54) is 7.11 Å². The molecule has 0 fully saturated rings. The van der Waals surface area contributed by atoms with Crippen molar-refractivity contribution in [2.24, 2.45) is 0 Å². The number of methoxy groups -OCH3 is 1. The molecule has 2 N–H and O–H groups in total. The minimum Gasteiger partial charge on any atom is -0.469 e. The Hall–Kier alpha value is -2.08. The molecule has 0 aliphatic heterocycles. The highest BCUT2D eigenvalue weighted by Crippen LogP contribution is 2.00. The average Bonchev–Trinajstić information content (AvgIpc) is 2.43. The molecule has 0 radical (unpaired) electrons. The molecule has 0 spiro atoms. The van der Waals surface area contributed by atoms with Gasteiger partial charge in [0.05, 0.1) is 19.6 Å². The van der Waals surface area contributed by atoms with Crippen LogP contribution in [-0.2, 0) is 20.9 Å². The Morgan fingerprint density at radius 2 is 2.00 bits per heavy atom. The number of rotatable bonds is 6. The monoisotopic (exact) mass is 267 g/mol. The number of hydrogen-bond donors (Lipinski definition) is 2. The number of benzene rings is 1. The Morgan fingerprint density at radius 3 is 2.63 bits per heavy atom. The van der Waals surface area contributed by atoms with E-state index in [4.69, 9.17) is 4.74 Å². The van der Waals surface area contributed by atoms with Gasteiger partial charge in [-0.15, -0.1) is 0 Å². The van der Waals surface area contributed by atoms with E-state index in [1.807, 2.05) is 30.3 Å². The van der Waals surface area contributed by atoms with Crippen LogP contribution >= 0.6 is 0 Å². The Bertz CT molecular complexity index is 407. The number of aliphatic hydroxyl groups is 1. The standard InChI is InChI=1S/C13H17NO5/c1-18-12(16)7-11(15)8-14-13(17)19-9-10-5-3-2-4-6-10/h2-6,11,15H,7-9H2,1H3,(H,14,17)/t11-/m0/s1. The topological polar surface area (TPSA) is 84.9 Å². The quantitative estimate of drug-likeness (QED) is 0.746. The SMILES string of the molecule is COC(=O)C[C@H](O)CNC(=O)OCc1ccccc1. The lowest BCUT2D eigenvalue weighted by Gasteiger charge is -2.11. The van der Waals surface area contributed by atoms with Crippen molar-refractivity contribution in [3.8, 4) is 0 Å². The number of aliphatic hydroxyl groups excluding tert-OH is 1. The van der Waals surface area contributed by atoms with Crippen molar-refractivity contribution >= 4 is 12.1 Å². The number of amides is 1. The van der Waals surface area contributed by atoms with Crippen LogP contribution in [0.25, 0.3) is 0 Å². The lowest BCUT2D eigenvalue weighted by molar-refractivity contribution is -0.142. The normalized spacial score (nSPS) is 11.5. The summed E-state index contributed by atoms with van der Waals surface area (Å²) in [6, 6.07) is 9.22.